The molecule has 1 aliphatic carbocycles. The van der Waals surface area contributed by atoms with Crippen LogP contribution >= 0.6 is 0 Å². The molecule has 1 N–H and O–H groups in total. The van der Waals surface area contributed by atoms with Crippen molar-refractivity contribution in [2.24, 2.45) is 16.7 Å². The zero-order chi connectivity index (χ0) is 22.4. The molecule has 170 valence electrons. The molecule has 0 unspecified atom stereocenters. The van der Waals surface area contributed by atoms with Gasteiger partial charge in [-0.3, -0.25) is 9.78 Å². The second-order valence-electron chi connectivity index (χ2n) is 9.48. The molecule has 2 atom stereocenters. The van der Waals surface area contributed by atoms with E-state index >= 15 is 0 Å². The molecular weight excluding hydrogens is 418 g/mol. The lowest BCUT2D eigenvalue weighted by Gasteiger charge is -2.44. The maximum atomic E-state index is 13.2. The van der Waals surface area contributed by atoms with E-state index in [1.54, 1.807) is 43.5 Å². The van der Waals surface area contributed by atoms with Gasteiger partial charge in [0.15, 0.2) is 0 Å². The van der Waals surface area contributed by atoms with Crippen molar-refractivity contribution in [3.63, 3.8) is 0 Å². The Morgan fingerprint density at radius 2 is 1.77 bits per heavy atom. The molecule has 1 spiro atoms. The fraction of sp³-hybridized carbons (Fsp3) is 0.667. The predicted molar refractivity (Wildman–Crippen MR) is 117 cm³/mol. The lowest BCUT2D eigenvalue weighted by molar-refractivity contribution is -0.141. The smallest absolute Gasteiger partial charge is 0.321 e. The van der Waals surface area contributed by atoms with Gasteiger partial charge in [0.2, 0.25) is 15.9 Å². The number of likely N-dealkylation sites (tertiary alicyclic amines) is 1. The summed E-state index contributed by atoms with van der Waals surface area (Å²) < 4.78 is 26.1. The number of urea groups is 1. The highest BCUT2D eigenvalue weighted by molar-refractivity contribution is 7.88. The lowest BCUT2D eigenvalue weighted by Crippen LogP contribution is -2.50. The first-order chi connectivity index (χ1) is 14.6. The van der Waals surface area contributed by atoms with Gasteiger partial charge in [-0.25, -0.2) is 17.5 Å². The number of carbonyl (C=O) groups is 2. The molecule has 3 heterocycles. The number of carbonyl (C=O) groups excluding carboxylic acids is 2. The van der Waals surface area contributed by atoms with Crippen molar-refractivity contribution in [1.82, 2.24) is 19.1 Å². The number of amides is 3. The van der Waals surface area contributed by atoms with Crippen molar-refractivity contribution in [3.05, 3.63) is 24.5 Å². The molecule has 9 nitrogen and oxygen atoms in total. The van der Waals surface area contributed by atoms with Gasteiger partial charge in [-0.05, 0) is 49.1 Å². The third kappa shape index (κ3) is 3.80. The first-order valence-electron chi connectivity index (χ1n) is 10.7. The van der Waals surface area contributed by atoms with Crippen molar-refractivity contribution < 1.29 is 18.0 Å². The number of sulfonamides is 1. The Hall–Kier alpha value is -2.20. The van der Waals surface area contributed by atoms with Gasteiger partial charge in [0.05, 0.1) is 11.7 Å². The van der Waals surface area contributed by atoms with Crippen LogP contribution in [0.3, 0.4) is 0 Å². The zero-order valence-electron chi connectivity index (χ0n) is 18.4. The van der Waals surface area contributed by atoms with Crippen LogP contribution in [-0.2, 0) is 14.8 Å². The van der Waals surface area contributed by atoms with Gasteiger partial charge in [0.25, 0.3) is 0 Å². The molecule has 31 heavy (non-hydrogen) atoms. The molecular formula is C21H31N5O4S. The Labute approximate surface area is 183 Å². The van der Waals surface area contributed by atoms with Gasteiger partial charge in [0, 0.05) is 58.4 Å². The molecule has 3 fully saturated rings. The summed E-state index contributed by atoms with van der Waals surface area (Å²) >= 11 is 0. The van der Waals surface area contributed by atoms with Crippen molar-refractivity contribution in [3.8, 4) is 0 Å². The average Bonchev–Trinajstić information content (AvgIpc) is 3.26. The molecule has 3 amide bonds. The van der Waals surface area contributed by atoms with Gasteiger partial charge < -0.3 is 15.1 Å². The third-order valence-corrected chi connectivity index (χ3v) is 8.82. The number of hydrogen-bond acceptors (Lipinski definition) is 5. The summed E-state index contributed by atoms with van der Waals surface area (Å²) in [6.07, 6.45) is 7.64. The molecule has 4 rings (SSSR count). The number of nitrogens with one attached hydrogen (secondary N) is 1. The molecule has 1 saturated carbocycles. The first-order valence-corrected chi connectivity index (χ1v) is 12.6. The summed E-state index contributed by atoms with van der Waals surface area (Å²) in [6, 6.07) is 3.36. The average molecular weight is 450 g/mol. The number of hydrogen-bond donors (Lipinski definition) is 1. The Morgan fingerprint density at radius 3 is 2.35 bits per heavy atom. The zero-order valence-corrected chi connectivity index (χ0v) is 19.2. The largest absolute Gasteiger partial charge is 0.348 e. The first kappa shape index (κ1) is 22.0. The van der Waals surface area contributed by atoms with E-state index in [9.17, 15) is 18.0 Å². The number of anilines is 1. The fourth-order valence-electron chi connectivity index (χ4n) is 5.96. The van der Waals surface area contributed by atoms with E-state index in [1.807, 2.05) is 4.90 Å². The molecule has 0 aromatic carbocycles. The predicted octanol–water partition coefficient (Wildman–Crippen LogP) is 1.46. The molecule has 1 aromatic heterocycles. The van der Waals surface area contributed by atoms with Crippen LogP contribution in [0.1, 0.15) is 25.7 Å². The monoisotopic (exact) mass is 449 g/mol. The second kappa shape index (κ2) is 7.74. The summed E-state index contributed by atoms with van der Waals surface area (Å²) in [6.45, 7) is 1.85. The SMILES string of the molecule is CN(C)C(=O)[C@]12CCC3(CCN(C(=O)Nc4ccncc4)CC3)[C@H]1CN(S(C)(=O)=O)C2. The van der Waals surface area contributed by atoms with E-state index in [0.717, 1.165) is 19.3 Å². The minimum absolute atomic E-state index is 0.0185. The molecule has 2 aliphatic heterocycles. The third-order valence-electron chi connectivity index (χ3n) is 7.60. The van der Waals surface area contributed by atoms with Crippen molar-refractivity contribution in [2.45, 2.75) is 25.7 Å². The van der Waals surface area contributed by atoms with Crippen LogP contribution in [-0.4, -0.2) is 86.0 Å². The highest BCUT2D eigenvalue weighted by Crippen LogP contribution is 2.62. The summed E-state index contributed by atoms with van der Waals surface area (Å²) in [5.41, 5.74) is -0.0663. The van der Waals surface area contributed by atoms with Gasteiger partial charge in [-0.2, -0.15) is 0 Å². The molecule has 0 bridgehead atoms. The van der Waals surface area contributed by atoms with Crippen LogP contribution in [0.5, 0.6) is 0 Å². The van der Waals surface area contributed by atoms with E-state index in [4.69, 9.17) is 0 Å². The van der Waals surface area contributed by atoms with Crippen LogP contribution in [0.4, 0.5) is 10.5 Å². The number of piperidine rings is 1. The molecule has 3 aliphatic rings. The standard InChI is InChI=1S/C21H31N5O4S/c1-24(2)18(27)21-7-6-20(17(21)14-26(15-21)31(3,29)30)8-12-25(13-9-20)19(28)23-16-4-10-22-11-5-16/h4-5,10-11,17H,6-9,12-15H2,1-3H3,(H,22,23,28)/t17-,21+/m1/s1. The Balaban J connectivity index is 1.51. The van der Waals surface area contributed by atoms with E-state index in [2.05, 4.69) is 10.3 Å². The topological polar surface area (TPSA) is 103 Å². The molecule has 0 radical (unpaired) electrons. The maximum absolute atomic E-state index is 13.2. The minimum atomic E-state index is -3.37. The maximum Gasteiger partial charge on any atom is 0.321 e. The van der Waals surface area contributed by atoms with Gasteiger partial charge in [0.1, 0.15) is 0 Å². The summed E-state index contributed by atoms with van der Waals surface area (Å²) in [5, 5.41) is 2.90. The highest BCUT2D eigenvalue weighted by atomic mass is 32.2. The highest BCUT2D eigenvalue weighted by Gasteiger charge is 2.65. The number of fused-ring (bicyclic) bond motifs is 2. The van der Waals surface area contributed by atoms with Crippen molar-refractivity contribution in [2.75, 3.05) is 51.8 Å². The van der Waals surface area contributed by atoms with E-state index in [-0.39, 0.29) is 29.8 Å². The number of nitrogens with zero attached hydrogens (tertiary/aromatic N) is 4. The van der Waals surface area contributed by atoms with Crippen LogP contribution in [0.15, 0.2) is 24.5 Å². The van der Waals surface area contributed by atoms with Crippen molar-refractivity contribution >= 4 is 27.6 Å². The fourth-order valence-corrected chi connectivity index (χ4v) is 6.84. The second-order valence-corrected chi connectivity index (χ2v) is 11.5. The van der Waals surface area contributed by atoms with Gasteiger partial charge in [-0.15, -0.1) is 0 Å². The number of pyridine rings is 1. The Morgan fingerprint density at radius 1 is 1.13 bits per heavy atom. The van der Waals surface area contributed by atoms with Crippen LogP contribution in [0.25, 0.3) is 0 Å². The lowest BCUT2D eigenvalue weighted by atomic mass is 9.65. The Kier molecular flexibility index (Phi) is 5.49. The summed E-state index contributed by atoms with van der Waals surface area (Å²) in [5.74, 6) is 0.00780. The number of aromatic nitrogens is 1. The van der Waals surface area contributed by atoms with Gasteiger partial charge >= 0.3 is 6.03 Å². The molecule has 2 saturated heterocycles. The summed E-state index contributed by atoms with van der Waals surface area (Å²) in [4.78, 5) is 33.3. The minimum Gasteiger partial charge on any atom is -0.348 e. The normalized spacial score (nSPS) is 27.8. The van der Waals surface area contributed by atoms with E-state index < -0.39 is 15.4 Å². The van der Waals surface area contributed by atoms with Crippen molar-refractivity contribution in [1.29, 1.82) is 0 Å². The van der Waals surface area contributed by atoms with Crippen LogP contribution in [0.2, 0.25) is 0 Å². The quantitative estimate of drug-likeness (QED) is 0.753. The van der Waals surface area contributed by atoms with E-state index in [0.29, 0.717) is 31.7 Å². The van der Waals surface area contributed by atoms with Gasteiger partial charge in [-0.1, -0.05) is 0 Å². The number of rotatable bonds is 3. The molecule has 1 aromatic rings. The summed E-state index contributed by atoms with van der Waals surface area (Å²) in [7, 11) is 0.116. The van der Waals surface area contributed by atoms with Crippen LogP contribution in [0, 0.1) is 16.7 Å². The van der Waals surface area contributed by atoms with Crippen LogP contribution < -0.4 is 5.32 Å². The molecule has 10 heteroatoms. The van der Waals surface area contributed by atoms with E-state index in [1.165, 1.54) is 10.6 Å². The Bertz CT molecular complexity index is 959.